The fourth-order valence-corrected chi connectivity index (χ4v) is 3.79. The summed E-state index contributed by atoms with van der Waals surface area (Å²) in [5.74, 6) is -0.248. The number of rotatable bonds is 2. The third-order valence-corrected chi connectivity index (χ3v) is 5.40. The molecule has 8 heteroatoms. The Balaban J connectivity index is 2.15. The molecule has 1 heterocycles. The van der Waals surface area contributed by atoms with Gasteiger partial charge in [0.25, 0.3) is 0 Å². The molecule has 0 bridgehead atoms. The smallest absolute Gasteiger partial charge is 0.416 e. The van der Waals surface area contributed by atoms with E-state index < -0.39 is 11.7 Å². The van der Waals surface area contributed by atoms with Crippen LogP contribution < -0.4 is 0 Å². The molecule has 0 aliphatic heterocycles. The Morgan fingerprint density at radius 1 is 1.20 bits per heavy atom. The van der Waals surface area contributed by atoms with Crippen LogP contribution in [0.25, 0.3) is 21.5 Å². The first kappa shape index (κ1) is 17.7. The molecule has 1 N–H and O–H groups in total. The summed E-state index contributed by atoms with van der Waals surface area (Å²) in [5.41, 5.74) is -0.270. The van der Waals surface area contributed by atoms with Gasteiger partial charge in [0.2, 0.25) is 0 Å². The van der Waals surface area contributed by atoms with Crippen molar-refractivity contribution in [2.75, 3.05) is 0 Å². The maximum atomic E-state index is 12.8. The number of aliphatic hydroxyl groups excluding tert-OH is 1. The zero-order valence-electron chi connectivity index (χ0n) is 12.3. The number of aliphatic hydroxyl groups is 1. The highest BCUT2D eigenvalue weighted by Gasteiger charge is 2.31. The summed E-state index contributed by atoms with van der Waals surface area (Å²) in [6.07, 6.45) is -4.46. The minimum Gasteiger partial charge on any atom is -0.506 e. The highest BCUT2D eigenvalue weighted by molar-refractivity contribution is 14.1. The number of fused-ring (bicyclic) bond motifs is 1. The Kier molecular flexibility index (Phi) is 4.71. The highest BCUT2D eigenvalue weighted by Crippen LogP contribution is 2.35. The van der Waals surface area contributed by atoms with E-state index in [1.807, 2.05) is 28.7 Å². The van der Waals surface area contributed by atoms with Gasteiger partial charge in [-0.1, -0.05) is 18.2 Å². The number of allylic oxidation sites excluding steroid dienone is 1. The van der Waals surface area contributed by atoms with Crippen LogP contribution in [0.1, 0.15) is 16.1 Å². The van der Waals surface area contributed by atoms with Crippen LogP contribution in [0.15, 0.2) is 42.5 Å². The summed E-state index contributed by atoms with van der Waals surface area (Å²) in [6, 6.07) is 12.1. The van der Waals surface area contributed by atoms with Crippen molar-refractivity contribution >= 4 is 55.5 Å². The number of hydrogen-bond acceptors (Lipinski definition) is 4. The normalized spacial score (nSPS) is 12.8. The molecule has 0 saturated heterocycles. The molecule has 3 rings (SSSR count). The lowest BCUT2D eigenvalue weighted by Gasteiger charge is -2.05. The van der Waals surface area contributed by atoms with E-state index in [4.69, 9.17) is 0 Å². The largest absolute Gasteiger partial charge is 0.506 e. The van der Waals surface area contributed by atoms with Crippen molar-refractivity contribution < 1.29 is 18.3 Å². The van der Waals surface area contributed by atoms with E-state index in [-0.39, 0.29) is 21.9 Å². The first-order valence-electron chi connectivity index (χ1n) is 6.87. The molecule has 3 nitrogen and oxygen atoms in total. The minimum absolute atomic E-state index is 0.0705. The molecule has 3 aromatic rings. The Bertz CT molecular complexity index is 1030. The van der Waals surface area contributed by atoms with E-state index in [1.54, 1.807) is 24.3 Å². The monoisotopic (exact) mass is 472 g/mol. The molecule has 0 unspecified atom stereocenters. The predicted octanol–water partition coefficient (Wildman–Crippen LogP) is 5.87. The number of benzene rings is 2. The summed E-state index contributed by atoms with van der Waals surface area (Å²) in [5, 5.41) is 20.1. The third kappa shape index (κ3) is 3.48. The first-order chi connectivity index (χ1) is 11.8. The van der Waals surface area contributed by atoms with Gasteiger partial charge in [-0.25, -0.2) is 4.98 Å². The molecule has 2 aromatic carbocycles. The van der Waals surface area contributed by atoms with E-state index in [2.05, 4.69) is 4.98 Å². The quantitative estimate of drug-likeness (QED) is 0.289. The lowest BCUT2D eigenvalue weighted by molar-refractivity contribution is -0.137. The number of nitriles is 1. The van der Waals surface area contributed by atoms with E-state index >= 15 is 0 Å². The van der Waals surface area contributed by atoms with Gasteiger partial charge in [0.05, 0.1) is 15.8 Å². The number of thiazole rings is 1. The fourth-order valence-electron chi connectivity index (χ4n) is 2.20. The molecule has 0 atom stereocenters. The zero-order valence-corrected chi connectivity index (χ0v) is 15.3. The van der Waals surface area contributed by atoms with Crippen LogP contribution in [0, 0.1) is 14.9 Å². The van der Waals surface area contributed by atoms with Gasteiger partial charge in [-0.3, -0.25) is 0 Å². The standard InChI is InChI=1S/C17H8F3IN2OS/c18-17(19,20)9-5-6-14-13(7-9)23-16(25-14)11(8-22)15(24)10-3-1-2-4-12(10)21/h1-7,24H. The van der Waals surface area contributed by atoms with Gasteiger partial charge in [-0.15, -0.1) is 11.3 Å². The third-order valence-electron chi connectivity index (χ3n) is 3.41. The second kappa shape index (κ2) is 6.65. The molecule has 126 valence electrons. The number of hydrogen-bond donors (Lipinski definition) is 1. The van der Waals surface area contributed by atoms with Crippen molar-refractivity contribution in [3.8, 4) is 6.07 Å². The van der Waals surface area contributed by atoms with Crippen molar-refractivity contribution in [1.29, 1.82) is 5.26 Å². The molecule has 0 radical (unpaired) electrons. The van der Waals surface area contributed by atoms with Gasteiger partial charge < -0.3 is 5.11 Å². The Hall–Kier alpha value is -2.12. The topological polar surface area (TPSA) is 56.9 Å². The Labute approximate surface area is 158 Å². The van der Waals surface area contributed by atoms with Crippen molar-refractivity contribution in [3.05, 3.63) is 62.2 Å². The van der Waals surface area contributed by atoms with Crippen LogP contribution in [0.4, 0.5) is 13.2 Å². The molecule has 25 heavy (non-hydrogen) atoms. The van der Waals surface area contributed by atoms with Crippen LogP contribution in [0.3, 0.4) is 0 Å². The summed E-state index contributed by atoms with van der Waals surface area (Å²) in [4.78, 5) is 4.11. The van der Waals surface area contributed by atoms with Gasteiger partial charge in [-0.05, 0) is 46.9 Å². The summed E-state index contributed by atoms with van der Waals surface area (Å²) < 4.78 is 39.7. The van der Waals surface area contributed by atoms with Crippen molar-refractivity contribution in [3.63, 3.8) is 0 Å². The van der Waals surface area contributed by atoms with E-state index in [9.17, 15) is 23.5 Å². The Morgan fingerprint density at radius 3 is 2.56 bits per heavy atom. The van der Waals surface area contributed by atoms with Crippen molar-refractivity contribution in [2.24, 2.45) is 0 Å². The van der Waals surface area contributed by atoms with E-state index in [0.717, 1.165) is 27.0 Å². The molecule has 1 aromatic heterocycles. The molecule has 0 saturated carbocycles. The van der Waals surface area contributed by atoms with Gasteiger partial charge in [0, 0.05) is 9.13 Å². The predicted molar refractivity (Wildman–Crippen MR) is 98.8 cm³/mol. The summed E-state index contributed by atoms with van der Waals surface area (Å²) >= 11 is 3.08. The second-order valence-electron chi connectivity index (χ2n) is 5.01. The first-order valence-corrected chi connectivity index (χ1v) is 8.77. The molecular weight excluding hydrogens is 464 g/mol. The maximum absolute atomic E-state index is 12.8. The number of aromatic nitrogens is 1. The average molecular weight is 472 g/mol. The lowest BCUT2D eigenvalue weighted by atomic mass is 10.1. The van der Waals surface area contributed by atoms with Crippen molar-refractivity contribution in [2.45, 2.75) is 6.18 Å². The van der Waals surface area contributed by atoms with Crippen LogP contribution >= 0.6 is 33.9 Å². The van der Waals surface area contributed by atoms with Gasteiger partial charge >= 0.3 is 6.18 Å². The molecule has 0 spiro atoms. The number of halogens is 4. The minimum atomic E-state index is -4.46. The molecule has 0 aliphatic rings. The summed E-state index contributed by atoms with van der Waals surface area (Å²) in [6.45, 7) is 0. The van der Waals surface area contributed by atoms with Crippen LogP contribution in [0.5, 0.6) is 0 Å². The summed E-state index contributed by atoms with van der Waals surface area (Å²) in [7, 11) is 0. The van der Waals surface area contributed by atoms with Gasteiger partial charge in [0.15, 0.2) is 0 Å². The highest BCUT2D eigenvalue weighted by atomic mass is 127. The molecular formula is C17H8F3IN2OS. The molecule has 0 aliphatic carbocycles. The molecule has 0 amide bonds. The molecule has 0 fully saturated rings. The maximum Gasteiger partial charge on any atom is 0.416 e. The van der Waals surface area contributed by atoms with Crippen molar-refractivity contribution in [1.82, 2.24) is 4.98 Å². The average Bonchev–Trinajstić information content (AvgIpc) is 2.97. The van der Waals surface area contributed by atoms with Crippen LogP contribution in [-0.2, 0) is 6.18 Å². The van der Waals surface area contributed by atoms with Gasteiger partial charge in [0.1, 0.15) is 22.4 Å². The fraction of sp³-hybridized carbons (Fsp3) is 0.0588. The zero-order chi connectivity index (χ0) is 18.2. The van der Waals surface area contributed by atoms with E-state index in [0.29, 0.717) is 10.3 Å². The SMILES string of the molecule is N#CC(=C(O)c1ccccc1I)c1nc2cc(C(F)(F)F)ccc2s1. The second-order valence-corrected chi connectivity index (χ2v) is 7.21. The number of alkyl halides is 3. The van der Waals surface area contributed by atoms with Gasteiger partial charge in [-0.2, -0.15) is 18.4 Å². The number of nitrogens with zero attached hydrogens (tertiary/aromatic N) is 2. The van der Waals surface area contributed by atoms with Crippen LogP contribution in [0.2, 0.25) is 0 Å². The lowest BCUT2D eigenvalue weighted by Crippen LogP contribution is -2.03. The van der Waals surface area contributed by atoms with E-state index in [1.165, 1.54) is 6.07 Å². The Morgan fingerprint density at radius 2 is 1.92 bits per heavy atom. The van der Waals surface area contributed by atoms with Crippen LogP contribution in [-0.4, -0.2) is 10.1 Å².